The van der Waals surface area contributed by atoms with Gasteiger partial charge in [0.05, 0.1) is 23.4 Å². The predicted octanol–water partition coefficient (Wildman–Crippen LogP) is 3.54. The Labute approximate surface area is 152 Å². The first-order valence-electron chi connectivity index (χ1n) is 9.07. The standard InChI is InChI=1S/C20H23N3O3/c1-4-26-20(25)16-11(2)17(21-12(16)3)18-22-15-8-6-5-7-14(15)19(24)23(18)13-9-10-13/h5-8,13,18,21-22H,4,9-10H2,1-3H3/t18-/m0/s1. The number of ether oxygens (including phenoxy) is 1. The predicted molar refractivity (Wildman–Crippen MR) is 98.2 cm³/mol. The molecular weight excluding hydrogens is 330 g/mol. The van der Waals surface area contributed by atoms with Gasteiger partial charge in [0, 0.05) is 17.4 Å². The number of para-hydroxylation sites is 1. The highest BCUT2D eigenvalue weighted by atomic mass is 16.5. The molecule has 0 unspecified atom stereocenters. The molecule has 1 aliphatic heterocycles. The Balaban J connectivity index is 1.78. The third-order valence-corrected chi connectivity index (χ3v) is 5.13. The van der Waals surface area contributed by atoms with Gasteiger partial charge >= 0.3 is 5.97 Å². The maximum atomic E-state index is 13.1. The summed E-state index contributed by atoms with van der Waals surface area (Å²) in [5.41, 5.74) is 4.52. The lowest BCUT2D eigenvalue weighted by molar-refractivity contribution is 0.0524. The van der Waals surface area contributed by atoms with Gasteiger partial charge in [0.25, 0.3) is 5.91 Å². The third-order valence-electron chi connectivity index (χ3n) is 5.13. The minimum Gasteiger partial charge on any atom is -0.462 e. The zero-order valence-corrected chi connectivity index (χ0v) is 15.3. The molecule has 1 amide bonds. The number of anilines is 1. The smallest absolute Gasteiger partial charge is 0.340 e. The highest BCUT2D eigenvalue weighted by Gasteiger charge is 2.43. The number of aromatic amines is 1. The molecule has 1 atom stereocenters. The molecule has 6 heteroatoms. The number of nitrogens with zero attached hydrogens (tertiary/aromatic N) is 1. The number of benzene rings is 1. The number of carbonyl (C=O) groups is 2. The molecule has 1 aromatic heterocycles. The quantitative estimate of drug-likeness (QED) is 0.825. The van der Waals surface area contributed by atoms with Crippen molar-refractivity contribution < 1.29 is 14.3 Å². The average molecular weight is 353 g/mol. The Morgan fingerprint density at radius 2 is 2.00 bits per heavy atom. The summed E-state index contributed by atoms with van der Waals surface area (Å²) in [6, 6.07) is 7.81. The number of rotatable bonds is 4. The van der Waals surface area contributed by atoms with Crippen LogP contribution in [0.15, 0.2) is 24.3 Å². The van der Waals surface area contributed by atoms with Gasteiger partial charge in [-0.25, -0.2) is 4.79 Å². The molecular formula is C20H23N3O3. The van der Waals surface area contributed by atoms with Crippen molar-refractivity contribution in [3.8, 4) is 0 Å². The molecule has 2 N–H and O–H groups in total. The fraction of sp³-hybridized carbons (Fsp3) is 0.400. The van der Waals surface area contributed by atoms with Gasteiger partial charge in [-0.3, -0.25) is 4.79 Å². The van der Waals surface area contributed by atoms with Crippen LogP contribution in [0.2, 0.25) is 0 Å². The molecule has 26 heavy (non-hydrogen) atoms. The number of aromatic nitrogens is 1. The van der Waals surface area contributed by atoms with E-state index in [4.69, 9.17) is 4.74 Å². The highest BCUT2D eigenvalue weighted by molar-refractivity contribution is 6.02. The first kappa shape index (κ1) is 16.7. The van der Waals surface area contributed by atoms with Gasteiger partial charge in [-0.15, -0.1) is 0 Å². The first-order chi connectivity index (χ1) is 12.5. The van der Waals surface area contributed by atoms with E-state index in [1.165, 1.54) is 0 Å². The van der Waals surface area contributed by atoms with Crippen LogP contribution in [-0.4, -0.2) is 34.4 Å². The number of hydrogen-bond donors (Lipinski definition) is 2. The summed E-state index contributed by atoms with van der Waals surface area (Å²) in [5.74, 6) is -0.290. The highest BCUT2D eigenvalue weighted by Crippen LogP contribution is 2.41. The van der Waals surface area contributed by atoms with E-state index >= 15 is 0 Å². The van der Waals surface area contributed by atoms with E-state index in [0.29, 0.717) is 17.7 Å². The summed E-state index contributed by atoms with van der Waals surface area (Å²) in [5, 5.41) is 3.49. The number of carbonyl (C=O) groups excluding carboxylic acids is 2. The lowest BCUT2D eigenvalue weighted by Crippen LogP contribution is -2.44. The normalized spacial score (nSPS) is 19.1. The van der Waals surface area contributed by atoms with Crippen LogP contribution in [0.3, 0.4) is 0 Å². The fourth-order valence-electron chi connectivity index (χ4n) is 3.77. The zero-order valence-electron chi connectivity index (χ0n) is 15.3. The number of esters is 1. The molecule has 2 heterocycles. The Morgan fingerprint density at radius 3 is 2.69 bits per heavy atom. The van der Waals surface area contributed by atoms with Crippen molar-refractivity contribution in [2.45, 2.75) is 45.8 Å². The summed E-state index contributed by atoms with van der Waals surface area (Å²) < 4.78 is 5.19. The molecule has 0 spiro atoms. The molecule has 1 aliphatic carbocycles. The number of nitrogens with one attached hydrogen (secondary N) is 2. The summed E-state index contributed by atoms with van der Waals surface area (Å²) in [7, 11) is 0. The van der Waals surface area contributed by atoms with Crippen molar-refractivity contribution >= 4 is 17.6 Å². The van der Waals surface area contributed by atoms with Crippen molar-refractivity contribution in [3.63, 3.8) is 0 Å². The minimum atomic E-state index is -0.328. The van der Waals surface area contributed by atoms with Crippen molar-refractivity contribution in [2.24, 2.45) is 0 Å². The van der Waals surface area contributed by atoms with E-state index in [0.717, 1.165) is 35.5 Å². The fourth-order valence-corrected chi connectivity index (χ4v) is 3.77. The van der Waals surface area contributed by atoms with E-state index in [-0.39, 0.29) is 24.1 Å². The van der Waals surface area contributed by atoms with Crippen molar-refractivity contribution in [2.75, 3.05) is 11.9 Å². The van der Waals surface area contributed by atoms with Crippen LogP contribution in [-0.2, 0) is 4.74 Å². The van der Waals surface area contributed by atoms with E-state index < -0.39 is 0 Å². The van der Waals surface area contributed by atoms with Gasteiger partial charge in [-0.1, -0.05) is 12.1 Å². The van der Waals surface area contributed by atoms with Gasteiger partial charge in [-0.2, -0.15) is 0 Å². The van der Waals surface area contributed by atoms with E-state index in [1.807, 2.05) is 43.0 Å². The number of amides is 1. The Bertz CT molecular complexity index is 882. The maximum absolute atomic E-state index is 13.1. The van der Waals surface area contributed by atoms with Gasteiger partial charge in [0.2, 0.25) is 0 Å². The van der Waals surface area contributed by atoms with Gasteiger partial charge in [-0.05, 0) is 51.3 Å². The minimum absolute atomic E-state index is 0.0381. The molecule has 1 saturated carbocycles. The van der Waals surface area contributed by atoms with Crippen LogP contribution in [0.4, 0.5) is 5.69 Å². The SMILES string of the molecule is CCOC(=O)c1c(C)[nH]c([C@H]2Nc3ccccc3C(=O)N2C2CC2)c1C. The third kappa shape index (κ3) is 2.57. The maximum Gasteiger partial charge on any atom is 0.340 e. The Kier molecular flexibility index (Phi) is 3.98. The van der Waals surface area contributed by atoms with E-state index in [9.17, 15) is 9.59 Å². The molecule has 4 rings (SSSR count). The Hall–Kier alpha value is -2.76. The van der Waals surface area contributed by atoms with Gasteiger partial charge < -0.3 is 19.9 Å². The second kappa shape index (κ2) is 6.20. The van der Waals surface area contributed by atoms with Crippen LogP contribution in [0.25, 0.3) is 0 Å². The topological polar surface area (TPSA) is 74.4 Å². The summed E-state index contributed by atoms with van der Waals surface area (Å²) in [4.78, 5) is 30.7. The molecule has 6 nitrogen and oxygen atoms in total. The number of fused-ring (bicyclic) bond motifs is 1. The van der Waals surface area contributed by atoms with Crippen LogP contribution >= 0.6 is 0 Å². The van der Waals surface area contributed by atoms with E-state index in [2.05, 4.69) is 10.3 Å². The summed E-state index contributed by atoms with van der Waals surface area (Å²) >= 11 is 0. The molecule has 2 aromatic rings. The molecule has 1 fully saturated rings. The van der Waals surface area contributed by atoms with E-state index in [1.54, 1.807) is 6.92 Å². The second-order valence-corrected chi connectivity index (χ2v) is 6.92. The number of hydrogen-bond acceptors (Lipinski definition) is 4. The second-order valence-electron chi connectivity index (χ2n) is 6.92. The van der Waals surface area contributed by atoms with Gasteiger partial charge in [0.1, 0.15) is 6.17 Å². The summed E-state index contributed by atoms with van der Waals surface area (Å²) in [6.45, 7) is 5.90. The molecule has 2 aliphatic rings. The van der Waals surface area contributed by atoms with Crippen LogP contribution in [0.1, 0.15) is 63.6 Å². The van der Waals surface area contributed by atoms with Gasteiger partial charge in [0.15, 0.2) is 0 Å². The zero-order chi connectivity index (χ0) is 18.4. The molecule has 1 aromatic carbocycles. The number of aryl methyl sites for hydroxylation is 1. The lowest BCUT2D eigenvalue weighted by Gasteiger charge is -2.38. The number of H-pyrrole nitrogens is 1. The lowest BCUT2D eigenvalue weighted by atomic mass is 10.0. The van der Waals surface area contributed by atoms with Crippen LogP contribution in [0.5, 0.6) is 0 Å². The summed E-state index contributed by atoms with van der Waals surface area (Å²) in [6.07, 6.45) is 1.71. The molecule has 0 bridgehead atoms. The first-order valence-corrected chi connectivity index (χ1v) is 9.07. The molecule has 136 valence electrons. The van der Waals surface area contributed by atoms with Crippen LogP contribution in [0, 0.1) is 13.8 Å². The van der Waals surface area contributed by atoms with Crippen molar-refractivity contribution in [1.29, 1.82) is 0 Å². The average Bonchev–Trinajstić information content (AvgIpc) is 3.40. The van der Waals surface area contributed by atoms with Crippen molar-refractivity contribution in [3.05, 3.63) is 52.3 Å². The van der Waals surface area contributed by atoms with Crippen molar-refractivity contribution in [1.82, 2.24) is 9.88 Å². The molecule has 0 saturated heterocycles. The Morgan fingerprint density at radius 1 is 1.27 bits per heavy atom. The largest absolute Gasteiger partial charge is 0.462 e. The monoisotopic (exact) mass is 353 g/mol. The molecule has 0 radical (unpaired) electrons. The van der Waals surface area contributed by atoms with Crippen LogP contribution < -0.4 is 5.32 Å².